The van der Waals surface area contributed by atoms with Gasteiger partial charge in [0.05, 0.1) is 0 Å². The molecule has 0 saturated carbocycles. The van der Waals surface area contributed by atoms with Crippen molar-refractivity contribution in [2.75, 3.05) is 11.3 Å². The molecule has 0 fully saturated rings. The third-order valence-electron chi connectivity index (χ3n) is 2.10. The van der Waals surface area contributed by atoms with Gasteiger partial charge in [0.25, 0.3) is 10.0 Å². The Morgan fingerprint density at radius 1 is 1.33 bits per heavy atom. The molecule has 96 valence electrons. The van der Waals surface area contributed by atoms with Gasteiger partial charge in [-0.25, -0.2) is 8.42 Å². The van der Waals surface area contributed by atoms with E-state index in [1.54, 1.807) is 24.3 Å². The predicted molar refractivity (Wildman–Crippen MR) is 69.9 cm³/mol. The minimum absolute atomic E-state index is 0.200. The zero-order valence-corrected chi connectivity index (χ0v) is 11.0. The smallest absolute Gasteiger partial charge is 0.272 e. The molecule has 2 rings (SSSR count). The summed E-state index contributed by atoms with van der Waals surface area (Å²) in [7, 11) is -3.59. The van der Waals surface area contributed by atoms with Gasteiger partial charge in [0.15, 0.2) is 5.82 Å². The number of sulfonamides is 1. The number of anilines is 1. The van der Waals surface area contributed by atoms with Gasteiger partial charge in [0.1, 0.15) is 4.21 Å². The molecule has 0 bridgehead atoms. The summed E-state index contributed by atoms with van der Waals surface area (Å²) in [5.41, 5.74) is 5.43. The van der Waals surface area contributed by atoms with E-state index in [-0.39, 0.29) is 10.0 Å². The van der Waals surface area contributed by atoms with E-state index in [4.69, 9.17) is 5.73 Å². The second kappa shape index (κ2) is 5.42. The average Bonchev–Trinajstić information content (AvgIpc) is 2.80. The van der Waals surface area contributed by atoms with Gasteiger partial charge in [0.2, 0.25) is 0 Å². The third kappa shape index (κ3) is 3.03. The Hall–Kier alpha value is -1.51. The van der Waals surface area contributed by atoms with Crippen molar-refractivity contribution in [3.8, 4) is 0 Å². The van der Waals surface area contributed by atoms with Crippen LogP contribution in [0.25, 0.3) is 0 Å². The quantitative estimate of drug-likeness (QED) is 0.848. The van der Waals surface area contributed by atoms with Crippen LogP contribution in [0.5, 0.6) is 0 Å². The molecule has 0 atom stereocenters. The summed E-state index contributed by atoms with van der Waals surface area (Å²) in [5, 5.41) is 7.28. The number of rotatable bonds is 5. The first kappa shape index (κ1) is 12.9. The predicted octanol–water partition coefficient (Wildman–Crippen LogP) is 0.840. The van der Waals surface area contributed by atoms with Gasteiger partial charge in [-0.15, -0.1) is 16.4 Å². The van der Waals surface area contributed by atoms with Crippen LogP contribution in [0.15, 0.2) is 34.7 Å². The maximum atomic E-state index is 12.0. The molecule has 8 heteroatoms. The molecule has 0 unspecified atom stereocenters. The summed E-state index contributed by atoms with van der Waals surface area (Å²) in [6.07, 6.45) is 2.15. The van der Waals surface area contributed by atoms with E-state index in [2.05, 4.69) is 14.9 Å². The van der Waals surface area contributed by atoms with E-state index in [9.17, 15) is 8.42 Å². The van der Waals surface area contributed by atoms with Crippen molar-refractivity contribution in [3.05, 3.63) is 35.3 Å². The Morgan fingerprint density at radius 2 is 2.17 bits per heavy atom. The van der Waals surface area contributed by atoms with Crippen LogP contribution in [0.3, 0.4) is 0 Å². The van der Waals surface area contributed by atoms with E-state index < -0.39 is 10.0 Å². The summed E-state index contributed by atoms with van der Waals surface area (Å²) >= 11 is 1.20. The fourth-order valence-corrected chi connectivity index (χ4v) is 3.69. The molecule has 0 aliphatic heterocycles. The maximum absolute atomic E-state index is 12.0. The zero-order chi connectivity index (χ0) is 13.0. The lowest BCUT2D eigenvalue weighted by Gasteiger charge is -2.03. The number of aromatic nitrogens is 2. The minimum atomic E-state index is -3.59. The van der Waals surface area contributed by atoms with Crippen LogP contribution in [0.1, 0.15) is 4.88 Å². The molecule has 18 heavy (non-hydrogen) atoms. The standard InChI is InChI=1S/C10H12N4O2S2/c11-6-5-8-3-4-10(17-8)18(15,16)14-9-2-1-7-12-13-9/h1-4,7H,5-6,11H2,(H,13,14). The van der Waals surface area contributed by atoms with Gasteiger partial charge in [-0.05, 0) is 37.2 Å². The van der Waals surface area contributed by atoms with Crippen molar-refractivity contribution < 1.29 is 8.42 Å². The summed E-state index contributed by atoms with van der Waals surface area (Å²) < 4.78 is 26.7. The first-order chi connectivity index (χ1) is 8.62. The Kier molecular flexibility index (Phi) is 3.90. The molecule has 2 aromatic heterocycles. The van der Waals surface area contributed by atoms with E-state index in [0.717, 1.165) is 4.88 Å². The van der Waals surface area contributed by atoms with Crippen LogP contribution < -0.4 is 10.5 Å². The summed E-state index contributed by atoms with van der Waals surface area (Å²) in [4.78, 5) is 0.942. The van der Waals surface area contributed by atoms with Crippen LogP contribution in [-0.4, -0.2) is 25.2 Å². The third-order valence-corrected chi connectivity index (χ3v) is 5.10. The normalized spacial score (nSPS) is 11.4. The van der Waals surface area contributed by atoms with Crippen molar-refractivity contribution in [1.29, 1.82) is 0 Å². The summed E-state index contributed by atoms with van der Waals surface area (Å²) in [6.45, 7) is 0.498. The SMILES string of the molecule is NCCc1ccc(S(=O)(=O)Nc2cccnn2)s1. The van der Waals surface area contributed by atoms with Gasteiger partial charge >= 0.3 is 0 Å². The largest absolute Gasteiger partial charge is 0.330 e. The number of hydrogen-bond acceptors (Lipinski definition) is 6. The minimum Gasteiger partial charge on any atom is -0.330 e. The van der Waals surface area contributed by atoms with Crippen molar-refractivity contribution >= 4 is 27.2 Å². The van der Waals surface area contributed by atoms with Crippen molar-refractivity contribution in [3.63, 3.8) is 0 Å². The van der Waals surface area contributed by atoms with E-state index in [1.165, 1.54) is 17.5 Å². The summed E-state index contributed by atoms with van der Waals surface area (Å²) in [5.74, 6) is 0.200. The highest BCUT2D eigenvalue weighted by molar-refractivity contribution is 7.94. The fourth-order valence-electron chi connectivity index (χ4n) is 1.32. The molecule has 0 aliphatic carbocycles. The lowest BCUT2D eigenvalue weighted by Crippen LogP contribution is -2.12. The highest BCUT2D eigenvalue weighted by Gasteiger charge is 2.17. The molecule has 2 heterocycles. The number of thiophene rings is 1. The topological polar surface area (TPSA) is 98.0 Å². The van der Waals surface area contributed by atoms with Gasteiger partial charge < -0.3 is 5.73 Å². The maximum Gasteiger partial charge on any atom is 0.272 e. The first-order valence-electron chi connectivity index (χ1n) is 5.21. The first-order valence-corrected chi connectivity index (χ1v) is 7.51. The van der Waals surface area contributed by atoms with Crippen molar-refractivity contribution in [2.45, 2.75) is 10.6 Å². The van der Waals surface area contributed by atoms with Crippen LogP contribution in [-0.2, 0) is 16.4 Å². The molecule has 2 aromatic rings. The number of nitrogens with two attached hydrogens (primary N) is 1. The monoisotopic (exact) mass is 284 g/mol. The molecule has 0 radical (unpaired) electrons. The van der Waals surface area contributed by atoms with Crippen LogP contribution in [0, 0.1) is 0 Å². The molecule has 6 nitrogen and oxygen atoms in total. The molecule has 0 aliphatic rings. The van der Waals surface area contributed by atoms with Crippen molar-refractivity contribution in [2.24, 2.45) is 5.73 Å². The molecule has 0 amide bonds. The van der Waals surface area contributed by atoms with Gasteiger partial charge in [-0.2, -0.15) is 5.10 Å². The van der Waals surface area contributed by atoms with Gasteiger partial charge in [-0.3, -0.25) is 4.72 Å². The van der Waals surface area contributed by atoms with Crippen LogP contribution in [0.4, 0.5) is 5.82 Å². The molecule has 3 N–H and O–H groups in total. The number of nitrogens with one attached hydrogen (secondary N) is 1. The van der Waals surface area contributed by atoms with Crippen LogP contribution in [0.2, 0.25) is 0 Å². The van der Waals surface area contributed by atoms with E-state index in [0.29, 0.717) is 13.0 Å². The van der Waals surface area contributed by atoms with Crippen LogP contribution >= 0.6 is 11.3 Å². The van der Waals surface area contributed by atoms with Gasteiger partial charge in [0, 0.05) is 11.1 Å². The Bertz CT molecular complexity index is 610. The summed E-state index contributed by atoms with van der Waals surface area (Å²) in [6, 6.07) is 6.48. The lowest BCUT2D eigenvalue weighted by molar-refractivity contribution is 0.603. The molecule has 0 spiro atoms. The fraction of sp³-hybridized carbons (Fsp3) is 0.200. The second-order valence-electron chi connectivity index (χ2n) is 3.47. The number of hydrogen-bond donors (Lipinski definition) is 2. The molecular formula is C10H12N4O2S2. The molecular weight excluding hydrogens is 272 g/mol. The Balaban J connectivity index is 2.20. The lowest BCUT2D eigenvalue weighted by atomic mass is 10.3. The Labute approximate surface area is 109 Å². The van der Waals surface area contributed by atoms with E-state index >= 15 is 0 Å². The number of nitrogens with zero attached hydrogens (tertiary/aromatic N) is 2. The average molecular weight is 284 g/mol. The molecule has 0 aromatic carbocycles. The Morgan fingerprint density at radius 3 is 2.83 bits per heavy atom. The highest BCUT2D eigenvalue weighted by atomic mass is 32.2. The molecule has 0 saturated heterocycles. The second-order valence-corrected chi connectivity index (χ2v) is 6.55. The van der Waals surface area contributed by atoms with Crippen molar-refractivity contribution in [1.82, 2.24) is 10.2 Å². The van der Waals surface area contributed by atoms with E-state index in [1.807, 2.05) is 0 Å². The zero-order valence-electron chi connectivity index (χ0n) is 9.41. The highest BCUT2D eigenvalue weighted by Crippen LogP contribution is 2.23. The van der Waals surface area contributed by atoms with Gasteiger partial charge in [-0.1, -0.05) is 0 Å².